The lowest BCUT2D eigenvalue weighted by molar-refractivity contribution is -0.107. The van der Waals surface area contributed by atoms with Crippen molar-refractivity contribution in [1.82, 2.24) is 10.4 Å². The number of hydrogen-bond donors (Lipinski definition) is 1. The van der Waals surface area contributed by atoms with E-state index in [0.717, 1.165) is 25.7 Å². The van der Waals surface area contributed by atoms with Crippen molar-refractivity contribution in [2.45, 2.75) is 18.9 Å². The predicted molar refractivity (Wildman–Crippen MR) is 39.4 cm³/mol. The summed E-state index contributed by atoms with van der Waals surface area (Å²) in [6.45, 7) is 1.17. The lowest BCUT2D eigenvalue weighted by Crippen LogP contribution is -2.41. The van der Waals surface area contributed by atoms with Crippen LogP contribution in [-0.2, 0) is 4.79 Å². The topological polar surface area (TPSA) is 56.1 Å². The van der Waals surface area contributed by atoms with Crippen LogP contribution in [0.25, 0.3) is 0 Å². The average Bonchev–Trinajstić information content (AvgIpc) is 2.47. The molecule has 0 aliphatic carbocycles. The Morgan fingerprint density at radius 1 is 1.82 bits per heavy atom. The third-order valence-corrected chi connectivity index (χ3v) is 1.78. The molecule has 1 aliphatic heterocycles. The summed E-state index contributed by atoms with van der Waals surface area (Å²) in [6.07, 6.45) is 2.74. The third kappa shape index (κ3) is 2.00. The zero-order valence-electron chi connectivity index (χ0n) is 6.29. The number of nitrogens with one attached hydrogen (secondary N) is 1. The van der Waals surface area contributed by atoms with Gasteiger partial charge in [0, 0.05) is 6.54 Å². The van der Waals surface area contributed by atoms with Gasteiger partial charge in [0.2, 0.25) is 0 Å². The van der Waals surface area contributed by atoms with Crippen molar-refractivity contribution >= 4 is 6.29 Å². The van der Waals surface area contributed by atoms with Gasteiger partial charge in [0.05, 0.1) is 12.6 Å². The molecule has 1 aliphatic rings. The summed E-state index contributed by atoms with van der Waals surface area (Å²) in [5, 5.41) is 10.4. The zero-order valence-corrected chi connectivity index (χ0v) is 6.29. The van der Waals surface area contributed by atoms with Crippen LogP contribution in [-0.4, -0.2) is 30.4 Å². The molecule has 0 aromatic carbocycles. The third-order valence-electron chi connectivity index (χ3n) is 1.78. The van der Waals surface area contributed by atoms with Crippen molar-refractivity contribution in [1.29, 1.82) is 5.26 Å². The molecule has 1 fully saturated rings. The number of carbonyl (C=O) groups is 1. The summed E-state index contributed by atoms with van der Waals surface area (Å²) in [4.78, 5) is 9.98. The van der Waals surface area contributed by atoms with E-state index in [2.05, 4.69) is 11.5 Å². The molecule has 60 valence electrons. The predicted octanol–water partition coefficient (Wildman–Crippen LogP) is -0.322. The van der Waals surface area contributed by atoms with Gasteiger partial charge in [0.15, 0.2) is 0 Å². The molecule has 1 rings (SSSR count). The average molecular weight is 153 g/mol. The molecule has 1 heterocycles. The molecule has 1 atom stereocenters. The van der Waals surface area contributed by atoms with E-state index >= 15 is 0 Å². The van der Waals surface area contributed by atoms with Crippen molar-refractivity contribution in [2.75, 3.05) is 13.1 Å². The SMILES string of the molecule is N#CC1CCCN1NCC=O. The number of aldehydes is 1. The summed E-state index contributed by atoms with van der Waals surface area (Å²) < 4.78 is 0. The van der Waals surface area contributed by atoms with Gasteiger partial charge in [-0.1, -0.05) is 0 Å². The van der Waals surface area contributed by atoms with Crippen LogP contribution in [0.2, 0.25) is 0 Å². The number of hydrazine groups is 1. The summed E-state index contributed by atoms with van der Waals surface area (Å²) in [6, 6.07) is 2.12. The van der Waals surface area contributed by atoms with Crippen LogP contribution in [0.3, 0.4) is 0 Å². The minimum Gasteiger partial charge on any atom is -0.302 e. The maximum atomic E-state index is 9.98. The summed E-state index contributed by atoms with van der Waals surface area (Å²) in [5.41, 5.74) is 2.88. The molecule has 0 aromatic heterocycles. The molecule has 4 heteroatoms. The van der Waals surface area contributed by atoms with E-state index in [1.54, 1.807) is 0 Å². The highest BCUT2D eigenvalue weighted by Gasteiger charge is 2.22. The summed E-state index contributed by atoms with van der Waals surface area (Å²) >= 11 is 0. The molecule has 0 aromatic rings. The van der Waals surface area contributed by atoms with Crippen molar-refractivity contribution in [3.63, 3.8) is 0 Å². The first kappa shape index (κ1) is 8.18. The minimum absolute atomic E-state index is 0.0463. The molecule has 0 amide bonds. The van der Waals surface area contributed by atoms with Crippen molar-refractivity contribution in [3.05, 3.63) is 0 Å². The van der Waals surface area contributed by atoms with Crippen LogP contribution in [0.1, 0.15) is 12.8 Å². The summed E-state index contributed by atoms with van der Waals surface area (Å²) in [7, 11) is 0. The fraction of sp³-hybridized carbons (Fsp3) is 0.714. The molecule has 1 saturated heterocycles. The number of hydrogen-bond acceptors (Lipinski definition) is 4. The summed E-state index contributed by atoms with van der Waals surface area (Å²) in [5.74, 6) is 0. The second-order valence-electron chi connectivity index (χ2n) is 2.51. The number of carbonyl (C=O) groups excluding carboxylic acids is 1. The lowest BCUT2D eigenvalue weighted by Gasteiger charge is -2.17. The van der Waals surface area contributed by atoms with Crippen LogP contribution in [0.5, 0.6) is 0 Å². The highest BCUT2D eigenvalue weighted by Crippen LogP contribution is 2.12. The fourth-order valence-electron chi connectivity index (χ4n) is 1.24. The van der Waals surface area contributed by atoms with E-state index in [4.69, 9.17) is 5.26 Å². The maximum Gasteiger partial charge on any atom is 0.135 e. The van der Waals surface area contributed by atoms with Gasteiger partial charge in [-0.25, -0.2) is 10.4 Å². The maximum absolute atomic E-state index is 9.98. The van der Waals surface area contributed by atoms with E-state index in [1.165, 1.54) is 0 Å². The minimum atomic E-state index is -0.0463. The number of nitriles is 1. The largest absolute Gasteiger partial charge is 0.302 e. The highest BCUT2D eigenvalue weighted by molar-refractivity contribution is 5.51. The molecule has 1 unspecified atom stereocenters. The Bertz CT molecular complexity index is 175. The van der Waals surface area contributed by atoms with Gasteiger partial charge in [-0.3, -0.25) is 0 Å². The monoisotopic (exact) mass is 153 g/mol. The molecule has 1 N–H and O–H groups in total. The normalized spacial score (nSPS) is 24.8. The van der Waals surface area contributed by atoms with Crippen molar-refractivity contribution in [3.8, 4) is 6.07 Å². The Morgan fingerprint density at radius 2 is 2.64 bits per heavy atom. The second kappa shape index (κ2) is 4.06. The first-order valence-corrected chi connectivity index (χ1v) is 3.72. The second-order valence-corrected chi connectivity index (χ2v) is 2.51. The van der Waals surface area contributed by atoms with Gasteiger partial charge < -0.3 is 4.79 Å². The van der Waals surface area contributed by atoms with E-state index in [0.29, 0.717) is 6.54 Å². The molecule has 11 heavy (non-hydrogen) atoms. The van der Waals surface area contributed by atoms with E-state index in [-0.39, 0.29) is 6.04 Å². The van der Waals surface area contributed by atoms with Crippen LogP contribution in [0, 0.1) is 11.3 Å². The smallest absolute Gasteiger partial charge is 0.135 e. The standard InChI is InChI=1S/C7H11N3O/c8-6-7-2-1-4-10(7)9-3-5-11/h5,7,9H,1-4H2. The first-order valence-electron chi connectivity index (χ1n) is 3.72. The molecular weight excluding hydrogens is 142 g/mol. The highest BCUT2D eigenvalue weighted by atomic mass is 16.1. The number of nitrogens with zero attached hydrogens (tertiary/aromatic N) is 2. The first-order chi connectivity index (χ1) is 5.38. The molecule has 0 spiro atoms. The Labute approximate surface area is 65.8 Å². The number of rotatable bonds is 3. The molecule has 4 nitrogen and oxygen atoms in total. The van der Waals surface area contributed by atoms with Gasteiger partial charge in [0.25, 0.3) is 0 Å². The van der Waals surface area contributed by atoms with Crippen LogP contribution in [0.15, 0.2) is 0 Å². The van der Waals surface area contributed by atoms with Crippen LogP contribution in [0.4, 0.5) is 0 Å². The molecular formula is C7H11N3O. The van der Waals surface area contributed by atoms with E-state index in [9.17, 15) is 4.79 Å². The van der Waals surface area contributed by atoms with Crippen LogP contribution < -0.4 is 5.43 Å². The Balaban J connectivity index is 2.32. The van der Waals surface area contributed by atoms with Crippen LogP contribution >= 0.6 is 0 Å². The quantitative estimate of drug-likeness (QED) is 0.564. The fourth-order valence-corrected chi connectivity index (χ4v) is 1.24. The lowest BCUT2D eigenvalue weighted by atomic mass is 10.2. The Hall–Kier alpha value is -0.920. The van der Waals surface area contributed by atoms with Gasteiger partial charge in [0.1, 0.15) is 12.3 Å². The zero-order chi connectivity index (χ0) is 8.10. The van der Waals surface area contributed by atoms with Gasteiger partial charge in [-0.15, -0.1) is 0 Å². The van der Waals surface area contributed by atoms with E-state index in [1.807, 2.05) is 5.01 Å². The Morgan fingerprint density at radius 3 is 3.27 bits per heavy atom. The molecule has 0 saturated carbocycles. The van der Waals surface area contributed by atoms with Crippen molar-refractivity contribution in [2.24, 2.45) is 0 Å². The molecule has 0 radical (unpaired) electrons. The van der Waals surface area contributed by atoms with Gasteiger partial charge in [-0.05, 0) is 12.8 Å². The van der Waals surface area contributed by atoms with E-state index < -0.39 is 0 Å². The molecule has 0 bridgehead atoms. The van der Waals surface area contributed by atoms with Gasteiger partial charge >= 0.3 is 0 Å². The van der Waals surface area contributed by atoms with Gasteiger partial charge in [-0.2, -0.15) is 5.26 Å². The Kier molecular flexibility index (Phi) is 3.02. The van der Waals surface area contributed by atoms with Crippen molar-refractivity contribution < 1.29 is 4.79 Å².